The van der Waals surface area contributed by atoms with Crippen LogP contribution in [0.4, 0.5) is 0 Å². The van der Waals surface area contributed by atoms with E-state index in [9.17, 15) is 4.79 Å². The van der Waals surface area contributed by atoms with Crippen LogP contribution >= 0.6 is 0 Å². The summed E-state index contributed by atoms with van der Waals surface area (Å²) in [6.45, 7) is 0. The van der Waals surface area contributed by atoms with E-state index < -0.39 is 0 Å². The van der Waals surface area contributed by atoms with Crippen LogP contribution in [-0.4, -0.2) is 27.3 Å². The van der Waals surface area contributed by atoms with Crippen molar-refractivity contribution in [2.45, 2.75) is 6.42 Å². The van der Waals surface area contributed by atoms with Crippen molar-refractivity contribution in [2.75, 3.05) is 21.3 Å². The molecule has 0 aliphatic rings. The van der Waals surface area contributed by atoms with E-state index in [1.807, 2.05) is 54.6 Å². The summed E-state index contributed by atoms with van der Waals surface area (Å²) in [7, 11) is 4.65. The predicted molar refractivity (Wildman–Crippen MR) is 89.7 cm³/mol. The quantitative estimate of drug-likeness (QED) is 0.763. The molecule has 120 valence electrons. The molecule has 0 atom stereocenters. The molecule has 0 bridgehead atoms. The number of carbonyl (C=O) groups excluding carboxylic acids is 1. The van der Waals surface area contributed by atoms with Gasteiger partial charge in [-0.2, -0.15) is 0 Å². The van der Waals surface area contributed by atoms with Crippen molar-refractivity contribution in [1.82, 2.24) is 0 Å². The summed E-state index contributed by atoms with van der Waals surface area (Å²) in [6.07, 6.45) is 2.08. The number of esters is 1. The van der Waals surface area contributed by atoms with Gasteiger partial charge in [-0.15, -0.1) is 0 Å². The van der Waals surface area contributed by atoms with Crippen molar-refractivity contribution >= 4 is 11.5 Å². The van der Waals surface area contributed by atoms with Crippen molar-refractivity contribution in [2.24, 2.45) is 0 Å². The van der Waals surface area contributed by atoms with Crippen molar-refractivity contribution in [1.29, 1.82) is 0 Å². The molecule has 0 heterocycles. The molecule has 0 amide bonds. The Balaban J connectivity index is 2.38. The fourth-order valence-electron chi connectivity index (χ4n) is 2.21. The van der Waals surface area contributed by atoms with Gasteiger partial charge in [-0.25, -0.2) is 0 Å². The molecule has 0 N–H and O–H groups in total. The Morgan fingerprint density at radius 2 is 1.26 bits per heavy atom. The lowest BCUT2D eigenvalue weighted by Gasteiger charge is -2.10. The van der Waals surface area contributed by atoms with Crippen LogP contribution in [0.5, 0.6) is 11.5 Å². The highest BCUT2D eigenvalue weighted by molar-refractivity contribution is 5.83. The smallest absolute Gasteiger partial charge is 0.309 e. The average Bonchev–Trinajstić information content (AvgIpc) is 2.62. The predicted octanol–water partition coefficient (Wildman–Crippen LogP) is 3.70. The van der Waals surface area contributed by atoms with E-state index in [2.05, 4.69) is 0 Å². The Labute approximate surface area is 136 Å². The van der Waals surface area contributed by atoms with E-state index in [1.54, 1.807) is 14.2 Å². The van der Waals surface area contributed by atoms with Crippen molar-refractivity contribution in [3.05, 3.63) is 65.7 Å². The van der Waals surface area contributed by atoms with Crippen LogP contribution in [0.3, 0.4) is 0 Å². The molecule has 0 saturated heterocycles. The summed E-state index contributed by atoms with van der Waals surface area (Å²) in [6, 6.07) is 15.4. The van der Waals surface area contributed by atoms with E-state index >= 15 is 0 Å². The van der Waals surface area contributed by atoms with Crippen molar-refractivity contribution in [3.8, 4) is 11.5 Å². The first-order valence-electron chi connectivity index (χ1n) is 7.23. The number of rotatable bonds is 6. The van der Waals surface area contributed by atoms with Gasteiger partial charge in [0.15, 0.2) is 0 Å². The first-order valence-corrected chi connectivity index (χ1v) is 7.23. The van der Waals surface area contributed by atoms with E-state index in [0.29, 0.717) is 0 Å². The third kappa shape index (κ3) is 4.36. The largest absolute Gasteiger partial charge is 0.497 e. The summed E-state index contributed by atoms with van der Waals surface area (Å²) >= 11 is 0. The number of hydrogen-bond donors (Lipinski definition) is 0. The standard InChI is InChI=1S/C19H20O4/c1-21-16-8-4-14(5-9-16)18(12-13-19(20)23-3)15-6-10-17(22-2)11-7-15/h4-12H,13H2,1-3H3. The molecule has 0 fully saturated rings. The van der Waals surface area contributed by atoms with E-state index in [0.717, 1.165) is 28.2 Å². The topological polar surface area (TPSA) is 44.8 Å². The molecule has 2 aromatic rings. The Morgan fingerprint density at radius 1 is 0.826 bits per heavy atom. The van der Waals surface area contributed by atoms with Crippen molar-refractivity contribution in [3.63, 3.8) is 0 Å². The second kappa shape index (κ2) is 8.03. The molecule has 4 heteroatoms. The summed E-state index contributed by atoms with van der Waals surface area (Å²) in [5.41, 5.74) is 2.96. The molecule has 0 unspecified atom stereocenters. The molecule has 0 radical (unpaired) electrons. The number of hydrogen-bond acceptors (Lipinski definition) is 4. The number of methoxy groups -OCH3 is 3. The second-order valence-corrected chi connectivity index (χ2v) is 4.86. The molecule has 0 spiro atoms. The van der Waals surface area contributed by atoms with Gasteiger partial charge in [-0.05, 0) is 41.0 Å². The van der Waals surface area contributed by atoms with E-state index in [1.165, 1.54) is 7.11 Å². The van der Waals surface area contributed by atoms with Crippen LogP contribution in [0.25, 0.3) is 5.57 Å². The summed E-state index contributed by atoms with van der Waals surface area (Å²) < 4.78 is 15.1. The van der Waals surface area contributed by atoms with Gasteiger partial charge in [0.1, 0.15) is 11.5 Å². The third-order valence-electron chi connectivity index (χ3n) is 3.50. The van der Waals surface area contributed by atoms with Crippen molar-refractivity contribution < 1.29 is 19.0 Å². The zero-order valence-electron chi connectivity index (χ0n) is 13.5. The summed E-state index contributed by atoms with van der Waals surface area (Å²) in [5, 5.41) is 0. The normalized spacial score (nSPS) is 9.87. The number of benzene rings is 2. The minimum Gasteiger partial charge on any atom is -0.497 e. The van der Waals surface area contributed by atoms with Crippen LogP contribution in [0, 0.1) is 0 Å². The van der Waals surface area contributed by atoms with E-state index in [4.69, 9.17) is 14.2 Å². The fraction of sp³-hybridized carbons (Fsp3) is 0.211. The highest BCUT2D eigenvalue weighted by Crippen LogP contribution is 2.27. The molecule has 0 aromatic heterocycles. The van der Waals surface area contributed by atoms with Gasteiger partial charge < -0.3 is 14.2 Å². The Morgan fingerprint density at radius 3 is 1.61 bits per heavy atom. The average molecular weight is 312 g/mol. The molecule has 2 aromatic carbocycles. The molecule has 4 nitrogen and oxygen atoms in total. The maximum atomic E-state index is 11.5. The van der Waals surface area contributed by atoms with Gasteiger partial charge in [-0.3, -0.25) is 4.79 Å². The Bertz CT molecular complexity index is 620. The number of ether oxygens (including phenoxy) is 3. The van der Waals surface area contributed by atoms with Crippen LogP contribution < -0.4 is 9.47 Å². The molecular weight excluding hydrogens is 292 g/mol. The molecule has 23 heavy (non-hydrogen) atoms. The molecule has 0 aliphatic heterocycles. The van der Waals surface area contributed by atoms with Gasteiger partial charge in [0, 0.05) is 0 Å². The fourth-order valence-corrected chi connectivity index (χ4v) is 2.21. The van der Waals surface area contributed by atoms with Gasteiger partial charge in [0.2, 0.25) is 0 Å². The van der Waals surface area contributed by atoms with Gasteiger partial charge in [0.05, 0.1) is 27.8 Å². The maximum absolute atomic E-state index is 11.5. The molecule has 2 rings (SSSR count). The van der Waals surface area contributed by atoms with Gasteiger partial charge in [0.25, 0.3) is 0 Å². The Kier molecular flexibility index (Phi) is 5.80. The first-order chi connectivity index (χ1) is 11.2. The highest BCUT2D eigenvalue weighted by Gasteiger charge is 2.08. The monoisotopic (exact) mass is 312 g/mol. The summed E-state index contributed by atoms with van der Waals surface area (Å²) in [5.74, 6) is 1.30. The zero-order valence-corrected chi connectivity index (χ0v) is 13.5. The van der Waals surface area contributed by atoms with Gasteiger partial charge >= 0.3 is 5.97 Å². The van der Waals surface area contributed by atoms with Crippen LogP contribution in [0.2, 0.25) is 0 Å². The van der Waals surface area contributed by atoms with Gasteiger partial charge in [-0.1, -0.05) is 30.3 Å². The Hall–Kier alpha value is -2.75. The van der Waals surface area contributed by atoms with Crippen LogP contribution in [0.1, 0.15) is 17.5 Å². The lowest BCUT2D eigenvalue weighted by Crippen LogP contribution is -1.98. The number of carbonyl (C=O) groups is 1. The maximum Gasteiger partial charge on any atom is 0.309 e. The minimum absolute atomic E-state index is 0.212. The lowest BCUT2D eigenvalue weighted by molar-refractivity contribution is -0.139. The molecular formula is C19H20O4. The van der Waals surface area contributed by atoms with E-state index in [-0.39, 0.29) is 12.4 Å². The molecule has 0 saturated carbocycles. The van der Waals surface area contributed by atoms with Crippen LogP contribution in [-0.2, 0) is 9.53 Å². The first kappa shape index (κ1) is 16.6. The second-order valence-electron chi connectivity index (χ2n) is 4.86. The third-order valence-corrected chi connectivity index (χ3v) is 3.50. The minimum atomic E-state index is -0.274. The highest BCUT2D eigenvalue weighted by atomic mass is 16.5. The molecule has 0 aliphatic carbocycles. The SMILES string of the molecule is COC(=O)CC=C(c1ccc(OC)cc1)c1ccc(OC)cc1. The zero-order chi connectivity index (χ0) is 16.7. The lowest BCUT2D eigenvalue weighted by atomic mass is 9.96. The van der Waals surface area contributed by atoms with Crippen LogP contribution in [0.15, 0.2) is 54.6 Å². The summed E-state index contributed by atoms with van der Waals surface area (Å²) in [4.78, 5) is 11.5.